The van der Waals surface area contributed by atoms with Gasteiger partial charge >= 0.3 is 0 Å². The molecule has 0 bridgehead atoms. The molecule has 196 valence electrons. The Kier molecular flexibility index (Phi) is 7.98. The Morgan fingerprint density at radius 1 is 0.763 bits per heavy atom. The van der Waals surface area contributed by atoms with Gasteiger partial charge < -0.3 is 10.6 Å². The SMILES string of the molecule is O=C(Cc1ccc(F)cn1)Nc1nnc(C2CCCC(c3nnc(NC(=O)Cc4ccc(F)cn4)s3)C2)s1. The summed E-state index contributed by atoms with van der Waals surface area (Å²) in [4.78, 5) is 32.4. The van der Waals surface area contributed by atoms with E-state index in [0.29, 0.717) is 21.7 Å². The molecule has 10 nitrogen and oxygen atoms in total. The second-order valence-electron chi connectivity index (χ2n) is 8.84. The number of rotatable bonds is 8. The summed E-state index contributed by atoms with van der Waals surface area (Å²) in [5.74, 6) is -1.17. The van der Waals surface area contributed by atoms with E-state index in [9.17, 15) is 18.4 Å². The zero-order chi connectivity index (χ0) is 26.5. The number of carbonyl (C=O) groups is 2. The maximum absolute atomic E-state index is 13.0. The van der Waals surface area contributed by atoms with Crippen LogP contribution in [0.1, 0.15) is 58.9 Å². The molecule has 4 heterocycles. The minimum absolute atomic E-state index is 0.0109. The molecule has 2 N–H and O–H groups in total. The highest BCUT2D eigenvalue weighted by Crippen LogP contribution is 2.43. The van der Waals surface area contributed by atoms with Gasteiger partial charge in [-0.25, -0.2) is 8.78 Å². The quantitative estimate of drug-likeness (QED) is 0.329. The molecular formula is C24H22F2N8O2S2. The summed E-state index contributed by atoms with van der Waals surface area (Å²) in [6.07, 6.45) is 5.86. The number of pyridine rings is 2. The van der Waals surface area contributed by atoms with Crippen molar-refractivity contribution in [3.8, 4) is 0 Å². The highest BCUT2D eigenvalue weighted by Gasteiger charge is 2.29. The molecule has 0 aromatic carbocycles. The number of aromatic nitrogens is 6. The molecule has 0 radical (unpaired) electrons. The lowest BCUT2D eigenvalue weighted by Gasteiger charge is -2.25. The number of carbonyl (C=O) groups excluding carboxylic acids is 2. The molecule has 1 saturated carbocycles. The van der Waals surface area contributed by atoms with Gasteiger partial charge in [0.1, 0.15) is 21.6 Å². The predicted molar refractivity (Wildman–Crippen MR) is 137 cm³/mol. The van der Waals surface area contributed by atoms with E-state index < -0.39 is 11.6 Å². The molecule has 1 aliphatic rings. The molecular weight excluding hydrogens is 534 g/mol. The predicted octanol–water partition coefficient (Wildman–Crippen LogP) is 4.26. The van der Waals surface area contributed by atoms with Crippen LogP contribution in [0.5, 0.6) is 0 Å². The van der Waals surface area contributed by atoms with Gasteiger partial charge in [-0.1, -0.05) is 29.1 Å². The van der Waals surface area contributed by atoms with Gasteiger partial charge in [0.05, 0.1) is 25.2 Å². The maximum atomic E-state index is 13.0. The van der Waals surface area contributed by atoms with Gasteiger partial charge in [0.25, 0.3) is 0 Å². The van der Waals surface area contributed by atoms with Crippen LogP contribution in [0.2, 0.25) is 0 Å². The van der Waals surface area contributed by atoms with Crippen LogP contribution in [0.3, 0.4) is 0 Å². The van der Waals surface area contributed by atoms with Gasteiger partial charge in [0.2, 0.25) is 22.1 Å². The zero-order valence-electron chi connectivity index (χ0n) is 19.9. The molecule has 0 spiro atoms. The molecule has 0 aliphatic heterocycles. The Morgan fingerprint density at radius 3 is 1.66 bits per heavy atom. The van der Waals surface area contributed by atoms with Crippen molar-refractivity contribution in [2.75, 3.05) is 10.6 Å². The highest BCUT2D eigenvalue weighted by molar-refractivity contribution is 7.15. The second-order valence-corrected chi connectivity index (χ2v) is 10.9. The Balaban J connectivity index is 1.14. The third kappa shape index (κ3) is 6.75. The third-order valence-corrected chi connectivity index (χ3v) is 8.01. The largest absolute Gasteiger partial charge is 0.300 e. The van der Waals surface area contributed by atoms with Crippen molar-refractivity contribution in [2.24, 2.45) is 0 Å². The van der Waals surface area contributed by atoms with Gasteiger partial charge in [-0.15, -0.1) is 20.4 Å². The first-order valence-electron chi connectivity index (χ1n) is 11.9. The number of amides is 2. The summed E-state index contributed by atoms with van der Waals surface area (Å²) in [5.41, 5.74) is 0.923. The molecule has 1 aliphatic carbocycles. The fourth-order valence-corrected chi connectivity index (χ4v) is 6.03. The van der Waals surface area contributed by atoms with Crippen molar-refractivity contribution in [2.45, 2.75) is 50.4 Å². The third-order valence-electron chi connectivity index (χ3n) is 6.01. The number of hydrogen-bond acceptors (Lipinski definition) is 10. The van der Waals surface area contributed by atoms with E-state index in [1.54, 1.807) is 0 Å². The first-order chi connectivity index (χ1) is 18.4. The van der Waals surface area contributed by atoms with E-state index in [1.165, 1.54) is 46.9 Å². The van der Waals surface area contributed by atoms with E-state index in [0.717, 1.165) is 48.1 Å². The van der Waals surface area contributed by atoms with Crippen molar-refractivity contribution >= 4 is 44.8 Å². The second kappa shape index (κ2) is 11.7. The summed E-state index contributed by atoms with van der Waals surface area (Å²) in [7, 11) is 0. The normalized spacial score (nSPS) is 17.2. The zero-order valence-corrected chi connectivity index (χ0v) is 21.6. The van der Waals surface area contributed by atoms with E-state index in [2.05, 4.69) is 41.0 Å². The first kappa shape index (κ1) is 25.9. The van der Waals surface area contributed by atoms with Crippen LogP contribution in [0, 0.1) is 11.6 Å². The first-order valence-corrected chi connectivity index (χ1v) is 13.5. The van der Waals surface area contributed by atoms with Gasteiger partial charge in [0.15, 0.2) is 0 Å². The lowest BCUT2D eigenvalue weighted by molar-refractivity contribution is -0.116. The average molecular weight is 557 g/mol. The fourth-order valence-electron chi connectivity index (χ4n) is 4.22. The standard InChI is InChI=1S/C24H22F2N8O2S2/c25-15-4-6-17(27-11-15)9-19(35)29-23-33-31-21(37-23)13-2-1-3-14(8-13)22-32-34-24(38-22)30-20(36)10-18-7-5-16(26)12-28-18/h4-7,11-14H,1-3,8-10H2,(H,29,33,35)(H,30,34,36). The summed E-state index contributed by atoms with van der Waals surface area (Å²) in [6, 6.07) is 5.46. The van der Waals surface area contributed by atoms with Gasteiger partial charge in [-0.05, 0) is 43.5 Å². The molecule has 2 unspecified atom stereocenters. The Hall–Kier alpha value is -3.78. The Labute approximate surface area is 224 Å². The Bertz CT molecular complexity index is 1310. The van der Waals surface area contributed by atoms with Crippen LogP contribution >= 0.6 is 22.7 Å². The van der Waals surface area contributed by atoms with Crippen LogP contribution in [-0.2, 0) is 22.4 Å². The minimum atomic E-state index is -0.456. The highest BCUT2D eigenvalue weighted by atomic mass is 32.1. The van der Waals surface area contributed by atoms with E-state index in [4.69, 9.17) is 0 Å². The molecule has 4 aromatic heterocycles. The summed E-state index contributed by atoms with van der Waals surface area (Å²) in [6.45, 7) is 0. The van der Waals surface area contributed by atoms with Crippen LogP contribution < -0.4 is 10.6 Å². The van der Waals surface area contributed by atoms with Crippen molar-refractivity contribution in [3.63, 3.8) is 0 Å². The molecule has 1 fully saturated rings. The summed E-state index contributed by atoms with van der Waals surface area (Å²) >= 11 is 2.68. The number of nitrogens with zero attached hydrogens (tertiary/aromatic N) is 6. The molecule has 0 saturated heterocycles. The van der Waals surface area contributed by atoms with Crippen molar-refractivity contribution < 1.29 is 18.4 Å². The van der Waals surface area contributed by atoms with E-state index in [-0.39, 0.29) is 36.5 Å². The molecule has 2 amide bonds. The molecule has 38 heavy (non-hydrogen) atoms. The Morgan fingerprint density at radius 2 is 1.24 bits per heavy atom. The minimum Gasteiger partial charge on any atom is -0.300 e. The van der Waals surface area contributed by atoms with Crippen molar-refractivity contribution in [1.29, 1.82) is 0 Å². The molecule has 4 aromatic rings. The molecule has 2 atom stereocenters. The fraction of sp³-hybridized carbons (Fsp3) is 0.333. The average Bonchev–Trinajstić information content (AvgIpc) is 3.57. The number of anilines is 2. The van der Waals surface area contributed by atoms with Gasteiger partial charge in [-0.2, -0.15) is 0 Å². The van der Waals surface area contributed by atoms with Crippen LogP contribution in [0.25, 0.3) is 0 Å². The number of nitrogens with one attached hydrogen (secondary N) is 2. The molecule has 5 rings (SSSR count). The topological polar surface area (TPSA) is 136 Å². The lowest BCUT2D eigenvalue weighted by Crippen LogP contribution is -2.15. The number of hydrogen-bond donors (Lipinski definition) is 2. The summed E-state index contributed by atoms with van der Waals surface area (Å²) in [5, 5.41) is 24.8. The van der Waals surface area contributed by atoms with Gasteiger partial charge in [-0.3, -0.25) is 19.6 Å². The van der Waals surface area contributed by atoms with Crippen LogP contribution in [-0.4, -0.2) is 42.2 Å². The smallest absolute Gasteiger partial charge is 0.232 e. The van der Waals surface area contributed by atoms with E-state index >= 15 is 0 Å². The monoisotopic (exact) mass is 556 g/mol. The van der Waals surface area contributed by atoms with Crippen molar-refractivity contribution in [1.82, 2.24) is 30.4 Å². The number of halogens is 2. The van der Waals surface area contributed by atoms with E-state index in [1.807, 2.05) is 0 Å². The summed E-state index contributed by atoms with van der Waals surface area (Å²) < 4.78 is 26.0. The lowest BCUT2D eigenvalue weighted by atomic mass is 9.82. The van der Waals surface area contributed by atoms with Gasteiger partial charge in [0, 0.05) is 23.2 Å². The molecule has 14 heteroatoms. The van der Waals surface area contributed by atoms with Crippen LogP contribution in [0.15, 0.2) is 36.7 Å². The van der Waals surface area contributed by atoms with Crippen molar-refractivity contribution in [3.05, 3.63) is 69.7 Å². The maximum Gasteiger partial charge on any atom is 0.232 e. The van der Waals surface area contributed by atoms with Crippen LogP contribution in [0.4, 0.5) is 19.0 Å².